The predicted octanol–water partition coefficient (Wildman–Crippen LogP) is 4.72. The lowest BCUT2D eigenvalue weighted by Gasteiger charge is -2.35. The van der Waals surface area contributed by atoms with Crippen molar-refractivity contribution < 1.29 is 24.2 Å². The molecule has 2 rings (SSSR count). The van der Waals surface area contributed by atoms with E-state index in [1.54, 1.807) is 39.0 Å². The van der Waals surface area contributed by atoms with Crippen LogP contribution in [0.1, 0.15) is 90.7 Å². The van der Waals surface area contributed by atoms with Gasteiger partial charge in [0, 0.05) is 23.9 Å². The minimum Gasteiger partial charge on any atom is -0.508 e. The molecule has 1 aliphatic rings. The van der Waals surface area contributed by atoms with Crippen molar-refractivity contribution >= 4 is 30.5 Å². The van der Waals surface area contributed by atoms with Gasteiger partial charge in [0.1, 0.15) is 23.4 Å². The van der Waals surface area contributed by atoms with Gasteiger partial charge in [-0.1, -0.05) is 57.2 Å². The molecule has 1 aliphatic carbocycles. The van der Waals surface area contributed by atoms with Gasteiger partial charge in [0.15, 0.2) is 0 Å². The summed E-state index contributed by atoms with van der Waals surface area (Å²) in [5.41, 5.74) is -0.376. The number of phenolic OH excluding ortho intramolecular Hbond substituents is 1. The molecule has 1 saturated carbocycles. The average Bonchev–Trinajstić information content (AvgIpc) is 2.82. The van der Waals surface area contributed by atoms with Gasteiger partial charge in [-0.25, -0.2) is 4.79 Å². The Labute approximate surface area is 220 Å². The van der Waals surface area contributed by atoms with Crippen molar-refractivity contribution in [3.05, 3.63) is 29.8 Å². The molecule has 0 radical (unpaired) electrons. The summed E-state index contributed by atoms with van der Waals surface area (Å²) in [5.74, 6) is -0.806. The summed E-state index contributed by atoms with van der Waals surface area (Å²) in [7, 11) is 0. The third-order valence-corrected chi connectivity index (χ3v) is 6.57. The number of hydrogen-bond donors (Lipinski definition) is 4. The van der Waals surface area contributed by atoms with Crippen LogP contribution in [0.25, 0.3) is 0 Å². The van der Waals surface area contributed by atoms with E-state index in [1.165, 1.54) is 11.0 Å². The number of alkyl carbamates (subject to hydrolysis) is 1. The van der Waals surface area contributed by atoms with E-state index in [1.807, 2.05) is 0 Å². The van der Waals surface area contributed by atoms with Crippen LogP contribution in [-0.4, -0.2) is 57.9 Å². The molecule has 3 N–H and O–H groups in total. The van der Waals surface area contributed by atoms with Crippen molar-refractivity contribution in [2.24, 2.45) is 0 Å². The quantitative estimate of drug-likeness (QED) is 0.249. The number of amides is 3. The van der Waals surface area contributed by atoms with Crippen molar-refractivity contribution in [2.75, 3.05) is 12.3 Å². The third kappa shape index (κ3) is 9.22. The SMILES string of the molecule is CCCCCN(C(=O)C(CS)NC(=O)OC(C)(C)C)C(C(=O)NC1CCCCC1)c1ccccc1O. The molecule has 0 saturated heterocycles. The number of benzene rings is 1. The maximum absolute atomic E-state index is 13.8. The summed E-state index contributed by atoms with van der Waals surface area (Å²) in [4.78, 5) is 41.5. The number of phenols is 1. The zero-order valence-electron chi connectivity index (χ0n) is 22.1. The molecule has 3 amide bonds. The minimum atomic E-state index is -1.04. The third-order valence-electron chi connectivity index (χ3n) is 6.20. The molecule has 0 heterocycles. The number of unbranched alkanes of at least 4 members (excludes halogenated alkanes) is 2. The van der Waals surface area contributed by atoms with Crippen molar-refractivity contribution in [3.8, 4) is 5.75 Å². The van der Waals surface area contributed by atoms with E-state index in [2.05, 4.69) is 30.2 Å². The van der Waals surface area contributed by atoms with Crippen LogP contribution in [0.15, 0.2) is 24.3 Å². The smallest absolute Gasteiger partial charge is 0.408 e. The summed E-state index contributed by atoms with van der Waals surface area (Å²) in [6, 6.07) is 4.59. The maximum Gasteiger partial charge on any atom is 0.408 e. The topological polar surface area (TPSA) is 108 Å². The molecular formula is C27H43N3O5S. The summed E-state index contributed by atoms with van der Waals surface area (Å²) in [6.45, 7) is 7.58. The molecule has 2 atom stereocenters. The van der Waals surface area contributed by atoms with Crippen LogP contribution in [0, 0.1) is 0 Å². The van der Waals surface area contributed by atoms with Gasteiger partial charge in [0.2, 0.25) is 11.8 Å². The van der Waals surface area contributed by atoms with E-state index in [0.29, 0.717) is 18.5 Å². The highest BCUT2D eigenvalue weighted by Crippen LogP contribution is 2.31. The number of thiol groups is 1. The number of nitrogens with zero attached hydrogens (tertiary/aromatic N) is 1. The first-order chi connectivity index (χ1) is 17.1. The molecule has 0 bridgehead atoms. The van der Waals surface area contributed by atoms with Gasteiger partial charge in [-0.3, -0.25) is 9.59 Å². The fourth-order valence-electron chi connectivity index (χ4n) is 4.43. The molecule has 1 aromatic carbocycles. The van der Waals surface area contributed by atoms with Gasteiger partial charge in [0.05, 0.1) is 0 Å². The van der Waals surface area contributed by atoms with Crippen LogP contribution >= 0.6 is 12.6 Å². The first kappa shape index (κ1) is 29.8. The number of carbonyl (C=O) groups excluding carboxylic acids is 3. The van der Waals surface area contributed by atoms with Crippen LogP contribution in [-0.2, 0) is 14.3 Å². The Morgan fingerprint density at radius 1 is 1.14 bits per heavy atom. The Hall–Kier alpha value is -2.42. The molecule has 0 aliphatic heterocycles. The van der Waals surface area contributed by atoms with Crippen LogP contribution in [0.2, 0.25) is 0 Å². The summed E-state index contributed by atoms with van der Waals surface area (Å²) in [6.07, 6.45) is 6.78. The van der Waals surface area contributed by atoms with Crippen LogP contribution in [0.5, 0.6) is 5.75 Å². The Morgan fingerprint density at radius 2 is 1.81 bits per heavy atom. The summed E-state index contributed by atoms with van der Waals surface area (Å²) < 4.78 is 5.34. The monoisotopic (exact) mass is 521 g/mol. The molecule has 0 spiro atoms. The molecule has 8 nitrogen and oxygen atoms in total. The molecule has 2 unspecified atom stereocenters. The lowest BCUT2D eigenvalue weighted by molar-refractivity contribution is -0.142. The zero-order chi connectivity index (χ0) is 26.7. The summed E-state index contributed by atoms with van der Waals surface area (Å²) in [5, 5.41) is 16.4. The van der Waals surface area contributed by atoms with Gasteiger partial charge < -0.3 is 25.4 Å². The van der Waals surface area contributed by atoms with Gasteiger partial charge in [0.25, 0.3) is 0 Å². The Kier molecular flexibility index (Phi) is 11.9. The highest BCUT2D eigenvalue weighted by molar-refractivity contribution is 7.80. The second-order valence-electron chi connectivity index (χ2n) is 10.4. The highest BCUT2D eigenvalue weighted by Gasteiger charge is 2.37. The fourth-order valence-corrected chi connectivity index (χ4v) is 4.68. The standard InChI is InChI=1S/C27H43N3O5S/c1-5-6-12-17-30(25(33)21(18-36)29-26(34)35-27(2,3)4)23(20-15-10-11-16-22(20)31)24(32)28-19-13-8-7-9-14-19/h10-11,15-16,19,21,23,31,36H,5-9,12-14,17-18H2,1-4H3,(H,28,32)(H,29,34). The fraction of sp³-hybridized carbons (Fsp3) is 0.667. The van der Waals surface area contributed by atoms with Crippen molar-refractivity contribution in [2.45, 2.75) is 103 Å². The molecule has 0 aromatic heterocycles. The van der Waals surface area contributed by atoms with E-state index in [0.717, 1.165) is 44.9 Å². The van der Waals surface area contributed by atoms with Gasteiger partial charge in [-0.2, -0.15) is 12.6 Å². The first-order valence-corrected chi connectivity index (χ1v) is 13.7. The molecule has 36 heavy (non-hydrogen) atoms. The highest BCUT2D eigenvalue weighted by atomic mass is 32.1. The number of hydrogen-bond acceptors (Lipinski definition) is 6. The lowest BCUT2D eigenvalue weighted by atomic mass is 9.94. The Morgan fingerprint density at radius 3 is 2.39 bits per heavy atom. The van der Waals surface area contributed by atoms with Gasteiger partial charge >= 0.3 is 6.09 Å². The number of rotatable bonds is 11. The molecule has 1 fully saturated rings. The van der Waals surface area contributed by atoms with E-state index in [4.69, 9.17) is 4.74 Å². The minimum absolute atomic E-state index is 0.0279. The maximum atomic E-state index is 13.8. The van der Waals surface area contributed by atoms with Crippen molar-refractivity contribution in [3.63, 3.8) is 0 Å². The second kappa shape index (κ2) is 14.4. The zero-order valence-corrected chi connectivity index (χ0v) is 23.0. The lowest BCUT2D eigenvalue weighted by Crippen LogP contribution is -2.54. The van der Waals surface area contributed by atoms with E-state index in [-0.39, 0.29) is 23.5 Å². The van der Waals surface area contributed by atoms with Gasteiger partial charge in [-0.15, -0.1) is 0 Å². The molecule has 9 heteroatoms. The normalized spacial score (nSPS) is 16.0. The van der Waals surface area contributed by atoms with Crippen LogP contribution < -0.4 is 10.6 Å². The molecule has 1 aromatic rings. The second-order valence-corrected chi connectivity index (χ2v) is 10.8. The summed E-state index contributed by atoms with van der Waals surface area (Å²) >= 11 is 4.31. The van der Waals surface area contributed by atoms with Crippen LogP contribution in [0.4, 0.5) is 4.79 Å². The largest absolute Gasteiger partial charge is 0.508 e. The Bertz CT molecular complexity index is 867. The van der Waals surface area contributed by atoms with Gasteiger partial charge in [-0.05, 0) is 46.1 Å². The number of nitrogens with one attached hydrogen (secondary N) is 2. The average molecular weight is 522 g/mol. The number of para-hydroxylation sites is 1. The number of carbonyl (C=O) groups is 3. The predicted molar refractivity (Wildman–Crippen MR) is 144 cm³/mol. The van der Waals surface area contributed by atoms with E-state index in [9.17, 15) is 19.5 Å². The van der Waals surface area contributed by atoms with Crippen LogP contribution in [0.3, 0.4) is 0 Å². The number of aromatic hydroxyl groups is 1. The van der Waals surface area contributed by atoms with Crippen molar-refractivity contribution in [1.29, 1.82) is 0 Å². The Balaban J connectivity index is 2.40. The van der Waals surface area contributed by atoms with E-state index < -0.39 is 29.7 Å². The molecule has 202 valence electrons. The first-order valence-electron chi connectivity index (χ1n) is 13.1. The van der Waals surface area contributed by atoms with E-state index >= 15 is 0 Å². The van der Waals surface area contributed by atoms with Crippen molar-refractivity contribution in [1.82, 2.24) is 15.5 Å². The molecular weight excluding hydrogens is 478 g/mol. The number of ether oxygens (including phenoxy) is 1.